The number of amides is 1. The van der Waals surface area contributed by atoms with Crippen molar-refractivity contribution in [2.75, 3.05) is 17.7 Å². The van der Waals surface area contributed by atoms with Gasteiger partial charge in [-0.05, 0) is 24.3 Å². The number of halogens is 2. The molecule has 98 valence electrons. The van der Waals surface area contributed by atoms with Gasteiger partial charge in [0.1, 0.15) is 0 Å². The van der Waals surface area contributed by atoms with Crippen molar-refractivity contribution in [3.8, 4) is 0 Å². The Kier molecular flexibility index (Phi) is 4.24. The van der Waals surface area contributed by atoms with Crippen LogP contribution in [0.1, 0.15) is 10.4 Å². The summed E-state index contributed by atoms with van der Waals surface area (Å²) < 4.78 is 0. The van der Waals surface area contributed by atoms with Crippen molar-refractivity contribution in [2.45, 2.75) is 0 Å². The van der Waals surface area contributed by atoms with E-state index in [1.165, 1.54) is 6.20 Å². The van der Waals surface area contributed by atoms with Crippen LogP contribution in [0, 0.1) is 0 Å². The lowest BCUT2D eigenvalue weighted by molar-refractivity contribution is 0.102. The Morgan fingerprint density at radius 2 is 2.00 bits per heavy atom. The molecule has 1 heterocycles. The predicted octanol–water partition coefficient (Wildman–Crippen LogP) is 3.68. The smallest absolute Gasteiger partial charge is 0.259 e. The zero-order valence-electron chi connectivity index (χ0n) is 10.1. The Labute approximate surface area is 120 Å². The molecular weight excluding hydrogens is 285 g/mol. The van der Waals surface area contributed by atoms with Crippen molar-refractivity contribution in [3.63, 3.8) is 0 Å². The molecule has 1 aromatic carbocycles. The number of rotatable bonds is 3. The SMILES string of the molecule is CNc1ccncc1C(=O)Nc1ccc(Cl)cc1Cl. The molecule has 6 heteroatoms. The summed E-state index contributed by atoms with van der Waals surface area (Å²) in [6.45, 7) is 0. The molecular formula is C13H11Cl2N3O. The Morgan fingerprint density at radius 1 is 1.21 bits per heavy atom. The van der Waals surface area contributed by atoms with Crippen LogP contribution >= 0.6 is 23.2 Å². The van der Waals surface area contributed by atoms with Gasteiger partial charge in [-0.3, -0.25) is 9.78 Å². The fourth-order valence-corrected chi connectivity index (χ4v) is 2.03. The highest BCUT2D eigenvalue weighted by molar-refractivity contribution is 6.36. The maximum Gasteiger partial charge on any atom is 0.259 e. The van der Waals surface area contributed by atoms with E-state index in [4.69, 9.17) is 23.2 Å². The number of hydrogen-bond acceptors (Lipinski definition) is 3. The Morgan fingerprint density at radius 3 is 2.68 bits per heavy atom. The molecule has 2 aromatic rings. The van der Waals surface area contributed by atoms with Crippen LogP contribution in [0.25, 0.3) is 0 Å². The lowest BCUT2D eigenvalue weighted by Crippen LogP contribution is -2.14. The number of nitrogens with one attached hydrogen (secondary N) is 2. The Hall–Kier alpha value is -1.78. The zero-order chi connectivity index (χ0) is 13.8. The summed E-state index contributed by atoms with van der Waals surface area (Å²) in [5.41, 5.74) is 1.63. The first-order valence-corrected chi connectivity index (χ1v) is 6.25. The minimum Gasteiger partial charge on any atom is -0.387 e. The summed E-state index contributed by atoms with van der Waals surface area (Å²) in [7, 11) is 1.74. The average Bonchev–Trinajstić information content (AvgIpc) is 2.41. The normalized spacial score (nSPS) is 10.1. The zero-order valence-corrected chi connectivity index (χ0v) is 11.6. The number of carbonyl (C=O) groups excluding carboxylic acids is 1. The fraction of sp³-hybridized carbons (Fsp3) is 0.0769. The first-order valence-electron chi connectivity index (χ1n) is 5.50. The van der Waals surface area contributed by atoms with Crippen LogP contribution in [0.3, 0.4) is 0 Å². The third-order valence-corrected chi connectivity index (χ3v) is 3.06. The molecule has 1 amide bonds. The summed E-state index contributed by atoms with van der Waals surface area (Å²) in [4.78, 5) is 16.1. The molecule has 0 aliphatic rings. The van der Waals surface area contributed by atoms with E-state index >= 15 is 0 Å². The van der Waals surface area contributed by atoms with E-state index in [9.17, 15) is 4.79 Å². The van der Waals surface area contributed by atoms with E-state index in [2.05, 4.69) is 15.6 Å². The molecule has 0 spiro atoms. The van der Waals surface area contributed by atoms with Crippen molar-refractivity contribution >= 4 is 40.5 Å². The highest BCUT2D eigenvalue weighted by atomic mass is 35.5. The van der Waals surface area contributed by atoms with Crippen LogP contribution in [0.5, 0.6) is 0 Å². The van der Waals surface area contributed by atoms with Crippen molar-refractivity contribution in [1.82, 2.24) is 4.98 Å². The number of hydrogen-bond donors (Lipinski definition) is 2. The van der Waals surface area contributed by atoms with Crippen LogP contribution in [-0.4, -0.2) is 17.9 Å². The maximum absolute atomic E-state index is 12.1. The second-order valence-electron chi connectivity index (χ2n) is 3.75. The van der Waals surface area contributed by atoms with Gasteiger partial charge in [0.2, 0.25) is 0 Å². The molecule has 19 heavy (non-hydrogen) atoms. The van der Waals surface area contributed by atoms with Crippen LogP contribution in [0.15, 0.2) is 36.7 Å². The van der Waals surface area contributed by atoms with Crippen LogP contribution < -0.4 is 10.6 Å². The number of pyridine rings is 1. The largest absolute Gasteiger partial charge is 0.387 e. The van der Waals surface area contributed by atoms with Crippen molar-refractivity contribution in [2.24, 2.45) is 0 Å². The summed E-state index contributed by atoms with van der Waals surface area (Å²) >= 11 is 11.8. The summed E-state index contributed by atoms with van der Waals surface area (Å²) in [5.74, 6) is -0.290. The first kappa shape index (κ1) is 13.6. The highest BCUT2D eigenvalue weighted by Gasteiger charge is 2.12. The molecule has 4 nitrogen and oxygen atoms in total. The third-order valence-electron chi connectivity index (χ3n) is 2.51. The molecule has 0 unspecified atom stereocenters. The lowest BCUT2D eigenvalue weighted by Gasteiger charge is -2.10. The highest BCUT2D eigenvalue weighted by Crippen LogP contribution is 2.26. The van der Waals surface area contributed by atoms with Gasteiger partial charge in [0.15, 0.2) is 0 Å². The summed E-state index contributed by atoms with van der Waals surface area (Å²) in [6.07, 6.45) is 3.10. The van der Waals surface area contributed by atoms with E-state index in [0.29, 0.717) is 27.0 Å². The van der Waals surface area contributed by atoms with Gasteiger partial charge in [-0.15, -0.1) is 0 Å². The molecule has 0 saturated carbocycles. The van der Waals surface area contributed by atoms with Gasteiger partial charge in [0.05, 0.1) is 16.3 Å². The Bertz CT molecular complexity index is 617. The number of anilines is 2. The maximum atomic E-state index is 12.1. The monoisotopic (exact) mass is 295 g/mol. The van der Waals surface area contributed by atoms with Gasteiger partial charge in [0.25, 0.3) is 5.91 Å². The summed E-state index contributed by atoms with van der Waals surface area (Å²) in [5, 5.41) is 6.55. The van der Waals surface area contributed by atoms with E-state index in [1.54, 1.807) is 37.5 Å². The van der Waals surface area contributed by atoms with Gasteiger partial charge in [0, 0.05) is 30.2 Å². The van der Waals surface area contributed by atoms with E-state index in [0.717, 1.165) is 0 Å². The summed E-state index contributed by atoms with van der Waals surface area (Å²) in [6, 6.07) is 6.60. The number of aromatic nitrogens is 1. The first-order chi connectivity index (χ1) is 9.11. The van der Waals surface area contributed by atoms with Gasteiger partial charge in [-0.25, -0.2) is 0 Å². The molecule has 0 atom stereocenters. The van der Waals surface area contributed by atoms with Gasteiger partial charge >= 0.3 is 0 Å². The predicted molar refractivity (Wildman–Crippen MR) is 78.2 cm³/mol. The van der Waals surface area contributed by atoms with Crippen LogP contribution in [0.4, 0.5) is 11.4 Å². The molecule has 0 saturated heterocycles. The fourth-order valence-electron chi connectivity index (χ4n) is 1.57. The number of benzene rings is 1. The number of carbonyl (C=O) groups is 1. The molecule has 2 rings (SSSR count). The van der Waals surface area contributed by atoms with Crippen molar-refractivity contribution < 1.29 is 4.79 Å². The van der Waals surface area contributed by atoms with E-state index in [-0.39, 0.29) is 5.91 Å². The number of nitrogens with zero attached hydrogens (tertiary/aromatic N) is 1. The van der Waals surface area contributed by atoms with Gasteiger partial charge in [-0.2, -0.15) is 0 Å². The molecule has 0 aliphatic heterocycles. The molecule has 0 aliphatic carbocycles. The molecule has 2 N–H and O–H groups in total. The van der Waals surface area contributed by atoms with Crippen molar-refractivity contribution in [1.29, 1.82) is 0 Å². The van der Waals surface area contributed by atoms with Crippen LogP contribution in [0.2, 0.25) is 10.0 Å². The molecule has 1 aromatic heterocycles. The standard InChI is InChI=1S/C13H11Cl2N3O/c1-16-11-4-5-17-7-9(11)13(19)18-12-3-2-8(14)6-10(12)15/h2-7H,1H3,(H,16,17)(H,18,19). The van der Waals surface area contributed by atoms with Crippen molar-refractivity contribution in [3.05, 3.63) is 52.3 Å². The topological polar surface area (TPSA) is 54.0 Å². The molecule has 0 radical (unpaired) electrons. The average molecular weight is 296 g/mol. The van der Waals surface area contributed by atoms with Gasteiger partial charge < -0.3 is 10.6 Å². The van der Waals surface area contributed by atoms with Crippen LogP contribution in [-0.2, 0) is 0 Å². The minimum absolute atomic E-state index is 0.290. The molecule has 0 bridgehead atoms. The second-order valence-corrected chi connectivity index (χ2v) is 4.59. The minimum atomic E-state index is -0.290. The van der Waals surface area contributed by atoms with E-state index < -0.39 is 0 Å². The second kappa shape index (κ2) is 5.91. The van der Waals surface area contributed by atoms with E-state index in [1.807, 2.05) is 0 Å². The lowest BCUT2D eigenvalue weighted by atomic mass is 10.2. The quantitative estimate of drug-likeness (QED) is 0.908. The Balaban J connectivity index is 2.26. The molecule has 0 fully saturated rings. The van der Waals surface area contributed by atoms with Gasteiger partial charge in [-0.1, -0.05) is 23.2 Å². The third kappa shape index (κ3) is 3.16.